The van der Waals surface area contributed by atoms with Crippen LogP contribution >= 0.6 is 0 Å². The number of aliphatic hydroxyl groups is 1. The van der Waals surface area contributed by atoms with Crippen LogP contribution in [0.15, 0.2) is 18.2 Å². The third kappa shape index (κ3) is 6.95. The van der Waals surface area contributed by atoms with Gasteiger partial charge in [-0.3, -0.25) is 4.90 Å². The van der Waals surface area contributed by atoms with Gasteiger partial charge in [0.15, 0.2) is 21.3 Å². The second-order valence-electron chi connectivity index (χ2n) is 7.41. The van der Waals surface area contributed by atoms with Gasteiger partial charge < -0.3 is 19.5 Å². The summed E-state index contributed by atoms with van der Waals surface area (Å²) in [5, 5.41) is 10.1. The molecular formula is C19H32N2O5S. The number of methoxy groups -OCH3 is 1. The lowest BCUT2D eigenvalue weighted by Crippen LogP contribution is -2.39. The molecule has 1 aromatic carbocycles. The summed E-state index contributed by atoms with van der Waals surface area (Å²) in [6.45, 7) is 6.66. The Kier molecular flexibility index (Phi) is 7.91. The lowest BCUT2D eigenvalue weighted by Gasteiger charge is -2.27. The minimum atomic E-state index is -2.87. The van der Waals surface area contributed by atoms with E-state index in [9.17, 15) is 13.5 Å². The van der Waals surface area contributed by atoms with Gasteiger partial charge in [0.1, 0.15) is 12.7 Å². The Morgan fingerprint density at radius 1 is 1.22 bits per heavy atom. The molecule has 154 valence electrons. The van der Waals surface area contributed by atoms with Crippen molar-refractivity contribution < 1.29 is 23.0 Å². The van der Waals surface area contributed by atoms with Crippen molar-refractivity contribution in [1.82, 2.24) is 9.80 Å². The van der Waals surface area contributed by atoms with E-state index >= 15 is 0 Å². The molecule has 0 bridgehead atoms. The largest absolute Gasteiger partial charge is 0.493 e. The summed E-state index contributed by atoms with van der Waals surface area (Å²) in [6, 6.07) is 6.06. The van der Waals surface area contributed by atoms with Gasteiger partial charge in [-0.2, -0.15) is 0 Å². The topological polar surface area (TPSA) is 79.3 Å². The minimum absolute atomic E-state index is 0.191. The third-order valence-corrected chi connectivity index (χ3v) is 6.49. The van der Waals surface area contributed by atoms with Gasteiger partial charge in [-0.15, -0.1) is 0 Å². The van der Waals surface area contributed by atoms with Crippen LogP contribution in [0.5, 0.6) is 11.5 Å². The van der Waals surface area contributed by atoms with Gasteiger partial charge >= 0.3 is 0 Å². The Morgan fingerprint density at radius 2 is 1.89 bits per heavy atom. The van der Waals surface area contributed by atoms with Crippen LogP contribution in [0, 0.1) is 0 Å². The van der Waals surface area contributed by atoms with Crippen LogP contribution in [0.3, 0.4) is 0 Å². The molecule has 0 radical (unpaired) electrons. The second-order valence-corrected chi connectivity index (χ2v) is 9.71. The van der Waals surface area contributed by atoms with Crippen molar-refractivity contribution in [2.75, 3.05) is 51.9 Å². The van der Waals surface area contributed by atoms with Crippen LogP contribution in [0.25, 0.3) is 0 Å². The van der Waals surface area contributed by atoms with E-state index in [-0.39, 0.29) is 18.1 Å². The predicted molar refractivity (Wildman–Crippen MR) is 106 cm³/mol. The van der Waals surface area contributed by atoms with Crippen LogP contribution in [-0.2, 0) is 16.4 Å². The van der Waals surface area contributed by atoms with Crippen molar-refractivity contribution in [2.24, 2.45) is 0 Å². The van der Waals surface area contributed by atoms with E-state index in [4.69, 9.17) is 9.47 Å². The average Bonchev–Trinajstić information content (AvgIpc) is 2.62. The fourth-order valence-corrected chi connectivity index (χ4v) is 4.15. The first kappa shape index (κ1) is 21.9. The van der Waals surface area contributed by atoms with Crippen LogP contribution in [0.4, 0.5) is 0 Å². The summed E-state index contributed by atoms with van der Waals surface area (Å²) in [5.41, 5.74) is 1.04. The maximum atomic E-state index is 11.5. The summed E-state index contributed by atoms with van der Waals surface area (Å²) in [4.78, 5) is 4.19. The Hall–Kier alpha value is -1.35. The molecule has 2 rings (SSSR count). The predicted octanol–water partition coefficient (Wildman–Crippen LogP) is 1.01. The van der Waals surface area contributed by atoms with Crippen molar-refractivity contribution in [1.29, 1.82) is 0 Å². The minimum Gasteiger partial charge on any atom is -0.493 e. The molecule has 1 aromatic rings. The molecule has 8 heteroatoms. The number of aliphatic hydroxyl groups excluding tert-OH is 1. The fraction of sp³-hybridized carbons (Fsp3) is 0.684. The van der Waals surface area contributed by atoms with E-state index in [1.807, 2.05) is 25.2 Å². The van der Waals surface area contributed by atoms with E-state index in [0.717, 1.165) is 5.56 Å². The quantitative estimate of drug-likeness (QED) is 0.663. The Labute approximate surface area is 162 Å². The summed E-state index contributed by atoms with van der Waals surface area (Å²) in [5.74, 6) is 1.64. The van der Waals surface area contributed by atoms with Crippen molar-refractivity contribution in [3.05, 3.63) is 23.8 Å². The van der Waals surface area contributed by atoms with Crippen molar-refractivity contribution in [3.63, 3.8) is 0 Å². The summed E-state index contributed by atoms with van der Waals surface area (Å²) in [6.07, 6.45) is -0.586. The maximum absolute atomic E-state index is 11.5. The molecular weight excluding hydrogens is 368 g/mol. The normalized spacial score (nSPS) is 18.6. The Morgan fingerprint density at radius 3 is 2.48 bits per heavy atom. The molecule has 1 fully saturated rings. The first-order chi connectivity index (χ1) is 12.7. The Bertz CT molecular complexity index is 694. The fourth-order valence-electron chi connectivity index (χ4n) is 2.88. The van der Waals surface area contributed by atoms with Gasteiger partial charge in [0.05, 0.1) is 18.6 Å². The van der Waals surface area contributed by atoms with Crippen molar-refractivity contribution in [3.8, 4) is 11.5 Å². The van der Waals surface area contributed by atoms with E-state index < -0.39 is 15.9 Å². The molecule has 0 amide bonds. The highest BCUT2D eigenvalue weighted by atomic mass is 32.2. The molecule has 1 heterocycles. The highest BCUT2D eigenvalue weighted by Crippen LogP contribution is 2.29. The maximum Gasteiger partial charge on any atom is 0.161 e. The van der Waals surface area contributed by atoms with Gasteiger partial charge in [-0.25, -0.2) is 8.42 Å². The van der Waals surface area contributed by atoms with Crippen LogP contribution in [-0.4, -0.2) is 87.4 Å². The zero-order valence-corrected chi connectivity index (χ0v) is 17.5. The van der Waals surface area contributed by atoms with E-state index in [0.29, 0.717) is 43.7 Å². The van der Waals surface area contributed by atoms with Gasteiger partial charge in [0.25, 0.3) is 0 Å². The molecule has 7 nitrogen and oxygen atoms in total. The number of sulfone groups is 1. The number of hydrogen-bond acceptors (Lipinski definition) is 7. The third-order valence-electron chi connectivity index (χ3n) is 4.88. The highest BCUT2D eigenvalue weighted by molar-refractivity contribution is 7.91. The molecule has 0 spiro atoms. The molecule has 0 aliphatic carbocycles. The standard InChI is InChI=1S/C19H32N2O5S/c1-15(2)20(3)13-17(22)14-26-18-6-5-16(11-19(18)25-4)12-21-7-9-27(23,24)10-8-21/h5-6,11,15,17,22H,7-10,12-14H2,1-4H3. The number of hydrogen-bond donors (Lipinski definition) is 1. The molecule has 0 aromatic heterocycles. The molecule has 1 aliphatic rings. The summed E-state index contributed by atoms with van der Waals surface area (Å²) in [7, 11) is 0.682. The highest BCUT2D eigenvalue weighted by Gasteiger charge is 2.22. The number of benzene rings is 1. The lowest BCUT2D eigenvalue weighted by atomic mass is 10.2. The van der Waals surface area contributed by atoms with Gasteiger partial charge in [0, 0.05) is 32.2 Å². The first-order valence-electron chi connectivity index (χ1n) is 9.31. The van der Waals surface area contributed by atoms with Crippen LogP contribution in [0.2, 0.25) is 0 Å². The van der Waals surface area contributed by atoms with Gasteiger partial charge in [0.2, 0.25) is 0 Å². The number of ether oxygens (including phenoxy) is 2. The molecule has 1 unspecified atom stereocenters. The molecule has 1 atom stereocenters. The smallest absolute Gasteiger partial charge is 0.161 e. The zero-order chi connectivity index (χ0) is 20.0. The summed E-state index contributed by atoms with van der Waals surface area (Å²) < 4.78 is 34.3. The van der Waals surface area contributed by atoms with Crippen molar-refractivity contribution in [2.45, 2.75) is 32.5 Å². The summed E-state index contributed by atoms with van der Waals surface area (Å²) >= 11 is 0. The molecule has 1 aliphatic heterocycles. The second kappa shape index (κ2) is 9.73. The molecule has 1 saturated heterocycles. The number of likely N-dealkylation sites (N-methyl/N-ethyl adjacent to an activating group) is 1. The molecule has 0 saturated carbocycles. The van der Waals surface area contributed by atoms with E-state index in [1.54, 1.807) is 7.11 Å². The zero-order valence-electron chi connectivity index (χ0n) is 16.7. The van der Waals surface area contributed by atoms with E-state index in [1.165, 1.54) is 0 Å². The molecule has 1 N–H and O–H groups in total. The average molecular weight is 401 g/mol. The first-order valence-corrected chi connectivity index (χ1v) is 11.1. The molecule has 27 heavy (non-hydrogen) atoms. The Balaban J connectivity index is 1.91. The van der Waals surface area contributed by atoms with E-state index in [2.05, 4.69) is 23.6 Å². The number of nitrogens with zero attached hydrogens (tertiary/aromatic N) is 2. The SMILES string of the molecule is COc1cc(CN2CCS(=O)(=O)CC2)ccc1OCC(O)CN(C)C(C)C. The van der Waals surface area contributed by atoms with Crippen LogP contribution < -0.4 is 9.47 Å². The van der Waals surface area contributed by atoms with Gasteiger partial charge in [-0.1, -0.05) is 6.07 Å². The van der Waals surface area contributed by atoms with Crippen molar-refractivity contribution >= 4 is 9.84 Å². The monoisotopic (exact) mass is 400 g/mol. The number of rotatable bonds is 9. The lowest BCUT2D eigenvalue weighted by molar-refractivity contribution is 0.0668. The van der Waals surface area contributed by atoms with Gasteiger partial charge in [-0.05, 0) is 38.6 Å². The van der Waals surface area contributed by atoms with Crippen LogP contribution in [0.1, 0.15) is 19.4 Å².